The first-order chi connectivity index (χ1) is 7.63. The van der Waals surface area contributed by atoms with Crippen LogP contribution < -0.4 is 0 Å². The minimum Gasteiger partial charge on any atom is -0.465 e. The van der Waals surface area contributed by atoms with Gasteiger partial charge in [0.15, 0.2) is 10.3 Å². The van der Waals surface area contributed by atoms with Crippen LogP contribution in [-0.2, 0) is 4.74 Å². The average Bonchev–Trinajstić information content (AvgIpc) is 2.32. The summed E-state index contributed by atoms with van der Waals surface area (Å²) in [5.41, 5.74) is 0.390. The van der Waals surface area contributed by atoms with Crippen LogP contribution in [0, 0.1) is 0 Å². The molecule has 2 rings (SSSR count). The first-order valence-corrected chi connectivity index (χ1v) is 5.09. The van der Waals surface area contributed by atoms with Gasteiger partial charge in [-0.3, -0.25) is 0 Å². The number of carbonyl (C=O) groups is 1. The zero-order valence-corrected chi connectivity index (χ0v) is 9.71. The van der Waals surface area contributed by atoms with Crippen LogP contribution in [-0.4, -0.2) is 23.3 Å². The molecule has 0 atom stereocenters. The van der Waals surface area contributed by atoms with Gasteiger partial charge in [-0.05, 0) is 12.1 Å². The lowest BCUT2D eigenvalue weighted by Gasteiger charge is -2.03. The number of methoxy groups -OCH3 is 1. The molecule has 0 bridgehead atoms. The second-order valence-electron chi connectivity index (χ2n) is 3.03. The Kier molecular flexibility index (Phi) is 2.94. The van der Waals surface area contributed by atoms with Gasteiger partial charge < -0.3 is 4.74 Å². The van der Waals surface area contributed by atoms with Crippen molar-refractivity contribution in [3.8, 4) is 0 Å². The lowest BCUT2D eigenvalue weighted by atomic mass is 10.1. The van der Waals surface area contributed by atoms with Crippen molar-refractivity contribution >= 4 is 39.9 Å². The van der Waals surface area contributed by atoms with Gasteiger partial charge in [0, 0.05) is 10.8 Å². The second kappa shape index (κ2) is 4.23. The number of esters is 1. The van der Waals surface area contributed by atoms with Crippen molar-refractivity contribution in [3.05, 3.63) is 34.1 Å². The highest BCUT2D eigenvalue weighted by Crippen LogP contribution is 2.26. The maximum absolute atomic E-state index is 11.3. The summed E-state index contributed by atoms with van der Waals surface area (Å²) in [7, 11) is 1.31. The Bertz CT molecular complexity index is 572. The molecule has 0 aliphatic carbocycles. The Morgan fingerprint density at radius 2 is 1.81 bits per heavy atom. The number of hydrogen-bond donors (Lipinski definition) is 0. The number of halogens is 2. The average molecular weight is 257 g/mol. The second-order valence-corrected chi connectivity index (χ2v) is 3.75. The molecule has 0 saturated carbocycles. The summed E-state index contributed by atoms with van der Waals surface area (Å²) in [6.07, 6.45) is 0. The van der Waals surface area contributed by atoms with Crippen LogP contribution in [0.2, 0.25) is 10.3 Å². The maximum atomic E-state index is 11.3. The van der Waals surface area contributed by atoms with E-state index in [0.29, 0.717) is 16.3 Å². The van der Waals surface area contributed by atoms with Gasteiger partial charge in [-0.1, -0.05) is 29.3 Å². The fraction of sp³-hybridized carbons (Fsp3) is 0.100. The lowest BCUT2D eigenvalue weighted by molar-refractivity contribution is 0.0601. The summed E-state index contributed by atoms with van der Waals surface area (Å²) >= 11 is 11.7. The first kappa shape index (κ1) is 11.1. The highest BCUT2D eigenvalue weighted by atomic mass is 35.5. The van der Waals surface area contributed by atoms with Crippen LogP contribution in [0.3, 0.4) is 0 Å². The number of carbonyl (C=O) groups excluding carboxylic acids is 1. The van der Waals surface area contributed by atoms with E-state index in [-0.39, 0.29) is 10.3 Å². The quantitative estimate of drug-likeness (QED) is 0.737. The highest BCUT2D eigenvalue weighted by molar-refractivity contribution is 6.38. The Balaban J connectivity index is 2.70. The molecule has 0 N–H and O–H groups in total. The molecule has 82 valence electrons. The van der Waals surface area contributed by atoms with E-state index in [1.807, 2.05) is 0 Å². The normalized spacial score (nSPS) is 10.4. The van der Waals surface area contributed by atoms with E-state index in [0.717, 1.165) is 0 Å². The molecule has 0 unspecified atom stereocenters. The molecule has 0 aliphatic heterocycles. The van der Waals surface area contributed by atoms with Crippen molar-refractivity contribution in [2.45, 2.75) is 0 Å². The molecule has 4 nitrogen and oxygen atoms in total. The maximum Gasteiger partial charge on any atom is 0.337 e. The van der Waals surface area contributed by atoms with Gasteiger partial charge in [-0.2, -0.15) is 0 Å². The van der Waals surface area contributed by atoms with Gasteiger partial charge in [0.25, 0.3) is 0 Å². The third-order valence-corrected chi connectivity index (χ3v) is 2.67. The molecular formula is C10H6Cl2N2O2. The molecule has 0 saturated heterocycles. The third-order valence-electron chi connectivity index (χ3n) is 2.11. The summed E-state index contributed by atoms with van der Waals surface area (Å²) < 4.78 is 4.60. The number of benzene rings is 1. The minimum atomic E-state index is -0.439. The van der Waals surface area contributed by atoms with Crippen molar-refractivity contribution in [3.63, 3.8) is 0 Å². The largest absolute Gasteiger partial charge is 0.465 e. The van der Waals surface area contributed by atoms with E-state index in [1.54, 1.807) is 18.2 Å². The molecule has 6 heteroatoms. The molecule has 1 aromatic carbocycles. The summed E-state index contributed by atoms with van der Waals surface area (Å²) in [4.78, 5) is 11.3. The molecule has 16 heavy (non-hydrogen) atoms. The molecule has 0 amide bonds. The number of rotatable bonds is 1. The Labute approximate surface area is 101 Å². The number of nitrogens with zero attached hydrogens (tertiary/aromatic N) is 2. The Morgan fingerprint density at radius 1 is 1.19 bits per heavy atom. The molecule has 0 fully saturated rings. The highest BCUT2D eigenvalue weighted by Gasteiger charge is 2.11. The summed E-state index contributed by atoms with van der Waals surface area (Å²) in [6, 6.07) is 4.83. The number of ether oxygens (including phenoxy) is 1. The predicted molar refractivity (Wildman–Crippen MR) is 60.9 cm³/mol. The molecule has 1 aromatic heterocycles. The molecule has 0 spiro atoms. The van der Waals surface area contributed by atoms with Crippen molar-refractivity contribution in [2.75, 3.05) is 7.11 Å². The van der Waals surface area contributed by atoms with Gasteiger partial charge >= 0.3 is 5.97 Å². The molecular weight excluding hydrogens is 251 g/mol. The van der Waals surface area contributed by atoms with Crippen LogP contribution in [0.15, 0.2) is 18.2 Å². The lowest BCUT2D eigenvalue weighted by Crippen LogP contribution is -2.01. The van der Waals surface area contributed by atoms with Crippen molar-refractivity contribution in [1.29, 1.82) is 0 Å². The van der Waals surface area contributed by atoms with Gasteiger partial charge in [0.05, 0.1) is 12.7 Å². The van der Waals surface area contributed by atoms with E-state index < -0.39 is 5.97 Å². The van der Waals surface area contributed by atoms with Crippen LogP contribution >= 0.6 is 23.2 Å². The van der Waals surface area contributed by atoms with E-state index in [9.17, 15) is 4.79 Å². The van der Waals surface area contributed by atoms with Gasteiger partial charge in [-0.15, -0.1) is 10.2 Å². The van der Waals surface area contributed by atoms with Crippen LogP contribution in [0.4, 0.5) is 0 Å². The van der Waals surface area contributed by atoms with E-state index >= 15 is 0 Å². The number of fused-ring (bicyclic) bond motifs is 1. The van der Waals surface area contributed by atoms with Crippen LogP contribution in [0.5, 0.6) is 0 Å². The Hall–Kier alpha value is -1.39. The van der Waals surface area contributed by atoms with Gasteiger partial charge in [-0.25, -0.2) is 4.79 Å². The van der Waals surface area contributed by atoms with Crippen molar-refractivity contribution in [1.82, 2.24) is 10.2 Å². The number of hydrogen-bond acceptors (Lipinski definition) is 4. The predicted octanol–water partition coefficient (Wildman–Crippen LogP) is 2.72. The number of aromatic nitrogens is 2. The zero-order valence-electron chi connectivity index (χ0n) is 8.20. The Morgan fingerprint density at radius 3 is 2.44 bits per heavy atom. The van der Waals surface area contributed by atoms with Crippen molar-refractivity contribution in [2.24, 2.45) is 0 Å². The van der Waals surface area contributed by atoms with E-state index in [2.05, 4.69) is 14.9 Å². The SMILES string of the molecule is COC(=O)c1ccc2c(Cl)nnc(Cl)c2c1. The summed E-state index contributed by atoms with van der Waals surface area (Å²) in [5.74, 6) is -0.439. The van der Waals surface area contributed by atoms with Crippen LogP contribution in [0.25, 0.3) is 10.8 Å². The molecule has 1 heterocycles. The standard InChI is InChI=1S/C10H6Cl2N2O2/c1-16-10(15)5-2-3-6-7(4-5)9(12)14-13-8(6)11/h2-4H,1H3. The fourth-order valence-electron chi connectivity index (χ4n) is 1.34. The van der Waals surface area contributed by atoms with Gasteiger partial charge in [0.2, 0.25) is 0 Å². The topological polar surface area (TPSA) is 52.1 Å². The monoisotopic (exact) mass is 256 g/mol. The zero-order chi connectivity index (χ0) is 11.7. The first-order valence-electron chi connectivity index (χ1n) is 4.33. The third kappa shape index (κ3) is 1.81. The summed E-state index contributed by atoms with van der Waals surface area (Å²) in [5, 5.41) is 9.00. The minimum absolute atomic E-state index is 0.199. The van der Waals surface area contributed by atoms with E-state index in [1.165, 1.54) is 7.11 Å². The van der Waals surface area contributed by atoms with Crippen molar-refractivity contribution < 1.29 is 9.53 Å². The molecule has 2 aromatic rings. The molecule has 0 aliphatic rings. The van der Waals surface area contributed by atoms with Crippen LogP contribution in [0.1, 0.15) is 10.4 Å². The smallest absolute Gasteiger partial charge is 0.337 e. The van der Waals surface area contributed by atoms with Gasteiger partial charge in [0.1, 0.15) is 0 Å². The molecule has 0 radical (unpaired) electrons. The summed E-state index contributed by atoms with van der Waals surface area (Å²) in [6.45, 7) is 0. The van der Waals surface area contributed by atoms with E-state index in [4.69, 9.17) is 23.2 Å². The fourth-order valence-corrected chi connectivity index (χ4v) is 1.73.